The van der Waals surface area contributed by atoms with Crippen LogP contribution in [0.2, 0.25) is 0 Å². The van der Waals surface area contributed by atoms with Crippen LogP contribution in [0.1, 0.15) is 33.4 Å². The van der Waals surface area contributed by atoms with Gasteiger partial charge in [-0.1, -0.05) is 121 Å². The third-order valence-corrected chi connectivity index (χ3v) is 11.8. The van der Waals surface area contributed by atoms with Crippen molar-refractivity contribution in [3.8, 4) is 97.5 Å². The van der Waals surface area contributed by atoms with E-state index in [1.807, 2.05) is 84.9 Å². The van der Waals surface area contributed by atoms with E-state index in [2.05, 4.69) is 91.2 Å². The highest BCUT2D eigenvalue weighted by Crippen LogP contribution is 2.46. The molecule has 10 aromatic rings. The first-order chi connectivity index (χ1) is 31.8. The zero-order chi connectivity index (χ0) is 44.6. The van der Waals surface area contributed by atoms with Crippen LogP contribution >= 0.6 is 0 Å². The van der Waals surface area contributed by atoms with Gasteiger partial charge >= 0.3 is 0 Å². The van der Waals surface area contributed by atoms with Crippen molar-refractivity contribution < 1.29 is 0 Å². The van der Waals surface area contributed by atoms with Crippen LogP contribution < -0.4 is 0 Å². The lowest BCUT2D eigenvalue weighted by Crippen LogP contribution is -2.05. The Kier molecular flexibility index (Phi) is 10.0. The summed E-state index contributed by atoms with van der Waals surface area (Å²) in [5.74, 6) is 1.30. The normalized spacial score (nSPS) is 10.9. The number of rotatable bonds is 7. The number of fused-ring (bicyclic) bond motifs is 3. The second kappa shape index (κ2) is 16.4. The molecular formula is C57H34N8. The fourth-order valence-corrected chi connectivity index (χ4v) is 8.75. The predicted octanol–water partition coefficient (Wildman–Crippen LogP) is 13.1. The number of nitrogens with zero attached hydrogens (tertiary/aromatic N) is 8. The highest BCUT2D eigenvalue weighted by atomic mass is 15.0. The standard InChI is InChI=1S/C57H34N8/c1-35-17-21-45(36(2)25-35)41-20-24-53-49(28-41)48-15-9-10-16-52(48)65(53)54-50(46-22-18-37(31-58)26-43(46)33-60)29-42(30-51(54)47-23-19-38(32-59)27-44(47)34-61)57-63-55(39-11-5-3-6-12-39)62-56(64-57)40-13-7-4-8-14-40/h3-30H,1-2H3. The molecule has 0 aliphatic rings. The fourth-order valence-electron chi connectivity index (χ4n) is 8.75. The van der Waals surface area contributed by atoms with Gasteiger partial charge in [0.05, 0.1) is 63.3 Å². The minimum atomic E-state index is 0.289. The molecule has 8 nitrogen and oxygen atoms in total. The molecule has 0 aliphatic carbocycles. The average Bonchev–Trinajstić information content (AvgIpc) is 3.69. The molecule has 0 N–H and O–H groups in total. The molecule has 2 heterocycles. The lowest BCUT2D eigenvalue weighted by atomic mass is 9.88. The molecule has 0 aliphatic heterocycles. The van der Waals surface area contributed by atoms with E-state index in [1.165, 1.54) is 11.1 Å². The summed E-state index contributed by atoms with van der Waals surface area (Å²) in [6, 6.07) is 64.0. The van der Waals surface area contributed by atoms with E-state index < -0.39 is 0 Å². The average molecular weight is 831 g/mol. The Morgan fingerprint density at radius 1 is 0.385 bits per heavy atom. The Morgan fingerprint density at radius 2 is 0.892 bits per heavy atom. The van der Waals surface area contributed by atoms with E-state index in [9.17, 15) is 21.0 Å². The summed E-state index contributed by atoms with van der Waals surface area (Å²) in [7, 11) is 0. The van der Waals surface area contributed by atoms with Crippen LogP contribution in [0.4, 0.5) is 0 Å². The van der Waals surface area contributed by atoms with Crippen LogP contribution in [0.15, 0.2) is 170 Å². The van der Waals surface area contributed by atoms with Gasteiger partial charge in [0.25, 0.3) is 0 Å². The quantitative estimate of drug-likeness (QED) is 0.156. The van der Waals surface area contributed by atoms with E-state index in [-0.39, 0.29) is 11.1 Å². The van der Waals surface area contributed by atoms with E-state index in [0.717, 1.165) is 44.1 Å². The minimum Gasteiger partial charge on any atom is -0.308 e. The summed E-state index contributed by atoms with van der Waals surface area (Å²) < 4.78 is 2.20. The van der Waals surface area contributed by atoms with Gasteiger partial charge in [-0.15, -0.1) is 0 Å². The van der Waals surface area contributed by atoms with Crippen LogP contribution in [0.3, 0.4) is 0 Å². The topological polar surface area (TPSA) is 139 Å². The Hall–Kier alpha value is -9.47. The van der Waals surface area contributed by atoms with E-state index >= 15 is 0 Å². The van der Waals surface area contributed by atoms with Crippen molar-refractivity contribution in [3.05, 3.63) is 203 Å². The first kappa shape index (κ1) is 39.7. The number of hydrogen-bond donors (Lipinski definition) is 0. The molecule has 65 heavy (non-hydrogen) atoms. The monoisotopic (exact) mass is 830 g/mol. The molecule has 0 bridgehead atoms. The van der Waals surface area contributed by atoms with Crippen LogP contribution in [0.5, 0.6) is 0 Å². The molecular weight excluding hydrogens is 797 g/mol. The SMILES string of the molecule is Cc1ccc(-c2ccc3c(c2)c2ccccc2n3-c2c(-c3ccc(C#N)cc3C#N)cc(-c3nc(-c4ccccc4)nc(-c4ccccc4)n3)cc2-c2ccc(C#N)cc2C#N)c(C)c1. The predicted molar refractivity (Wildman–Crippen MR) is 255 cm³/mol. The van der Waals surface area contributed by atoms with Gasteiger partial charge in [-0.25, -0.2) is 15.0 Å². The molecule has 0 atom stereocenters. The first-order valence-electron chi connectivity index (χ1n) is 20.9. The molecule has 10 rings (SSSR count). The lowest BCUT2D eigenvalue weighted by molar-refractivity contribution is 1.07. The summed E-state index contributed by atoms with van der Waals surface area (Å²) in [5.41, 5.74) is 12.9. The van der Waals surface area contributed by atoms with Crippen LogP contribution in [0, 0.1) is 59.2 Å². The lowest BCUT2D eigenvalue weighted by Gasteiger charge is -2.22. The molecule has 8 heteroatoms. The summed E-state index contributed by atoms with van der Waals surface area (Å²) in [4.78, 5) is 15.2. The highest BCUT2D eigenvalue weighted by molar-refractivity contribution is 6.12. The third kappa shape index (κ3) is 7.10. The Morgan fingerprint density at radius 3 is 1.43 bits per heavy atom. The van der Waals surface area contributed by atoms with Crippen molar-refractivity contribution in [1.29, 1.82) is 21.0 Å². The summed E-state index contributed by atoms with van der Waals surface area (Å²) in [6.07, 6.45) is 0. The number of hydrogen-bond acceptors (Lipinski definition) is 7. The van der Waals surface area contributed by atoms with Crippen LogP contribution in [-0.2, 0) is 0 Å². The van der Waals surface area contributed by atoms with Crippen molar-refractivity contribution in [2.45, 2.75) is 13.8 Å². The highest BCUT2D eigenvalue weighted by Gasteiger charge is 2.26. The van der Waals surface area contributed by atoms with Gasteiger partial charge in [-0.05, 0) is 85.1 Å². The molecule has 8 aromatic carbocycles. The molecule has 2 aromatic heterocycles. The number of aromatic nitrogens is 4. The van der Waals surface area contributed by atoms with Crippen molar-refractivity contribution in [3.63, 3.8) is 0 Å². The van der Waals surface area contributed by atoms with Crippen molar-refractivity contribution in [2.75, 3.05) is 0 Å². The van der Waals surface area contributed by atoms with Crippen molar-refractivity contribution in [1.82, 2.24) is 19.5 Å². The van der Waals surface area contributed by atoms with E-state index in [4.69, 9.17) is 15.0 Å². The zero-order valence-corrected chi connectivity index (χ0v) is 35.2. The fraction of sp³-hybridized carbons (Fsp3) is 0.0351. The minimum absolute atomic E-state index is 0.289. The van der Waals surface area contributed by atoms with Crippen molar-refractivity contribution in [2.24, 2.45) is 0 Å². The Labute approximate surface area is 375 Å². The van der Waals surface area contributed by atoms with Crippen LogP contribution in [-0.4, -0.2) is 19.5 Å². The molecule has 0 amide bonds. The second-order valence-corrected chi connectivity index (χ2v) is 15.8. The molecule has 302 valence electrons. The zero-order valence-electron chi connectivity index (χ0n) is 35.2. The number of para-hydroxylation sites is 1. The summed E-state index contributed by atoms with van der Waals surface area (Å²) >= 11 is 0. The Balaban J connectivity index is 1.37. The maximum absolute atomic E-state index is 10.8. The largest absolute Gasteiger partial charge is 0.308 e. The number of benzene rings is 8. The second-order valence-electron chi connectivity index (χ2n) is 15.8. The number of aryl methyl sites for hydroxylation is 2. The van der Waals surface area contributed by atoms with Gasteiger partial charge in [0, 0.05) is 49.7 Å². The molecule has 0 saturated heterocycles. The van der Waals surface area contributed by atoms with Gasteiger partial charge in [-0.3, -0.25) is 0 Å². The van der Waals surface area contributed by atoms with Gasteiger partial charge < -0.3 is 4.57 Å². The smallest absolute Gasteiger partial charge is 0.164 e. The summed E-state index contributed by atoms with van der Waals surface area (Å²) in [6.45, 7) is 4.22. The van der Waals surface area contributed by atoms with Gasteiger partial charge in [0.15, 0.2) is 17.5 Å². The molecule has 0 saturated carbocycles. The number of nitriles is 4. The molecule has 0 radical (unpaired) electrons. The maximum Gasteiger partial charge on any atom is 0.164 e. The molecule has 0 spiro atoms. The molecule has 0 unspecified atom stereocenters. The van der Waals surface area contributed by atoms with Crippen LogP contribution in [0.25, 0.3) is 95.0 Å². The van der Waals surface area contributed by atoms with Gasteiger partial charge in [0.2, 0.25) is 0 Å². The van der Waals surface area contributed by atoms with E-state index in [0.29, 0.717) is 62.1 Å². The van der Waals surface area contributed by atoms with E-state index in [1.54, 1.807) is 36.4 Å². The molecule has 0 fully saturated rings. The van der Waals surface area contributed by atoms with Gasteiger partial charge in [0.1, 0.15) is 0 Å². The third-order valence-electron chi connectivity index (χ3n) is 11.8. The van der Waals surface area contributed by atoms with Crippen molar-refractivity contribution >= 4 is 21.8 Å². The maximum atomic E-state index is 10.8. The first-order valence-corrected chi connectivity index (χ1v) is 20.9. The summed E-state index contributed by atoms with van der Waals surface area (Å²) in [5, 5.41) is 43.6. The van der Waals surface area contributed by atoms with Gasteiger partial charge in [-0.2, -0.15) is 21.0 Å². The Bertz CT molecular complexity index is 3570.